The number of hydrogen-bond donors (Lipinski definition) is 2. The Morgan fingerprint density at radius 3 is 2.70 bits per heavy atom. The first-order valence-corrected chi connectivity index (χ1v) is 8.79. The average Bonchev–Trinajstić information content (AvgIpc) is 2.70. The van der Waals surface area contributed by atoms with Gasteiger partial charge in [0.25, 0.3) is 0 Å². The van der Waals surface area contributed by atoms with E-state index in [0.717, 1.165) is 15.6 Å². The number of carbonyl (C=O) groups excluding carboxylic acids is 1. The first-order chi connectivity index (χ1) is 13.2. The lowest BCUT2D eigenvalue weighted by Gasteiger charge is -2.07. The van der Waals surface area contributed by atoms with Crippen LogP contribution in [0.2, 0.25) is 0 Å². The van der Waals surface area contributed by atoms with Crippen molar-refractivity contribution in [1.29, 1.82) is 5.26 Å². The van der Waals surface area contributed by atoms with Gasteiger partial charge in [0.05, 0.1) is 11.6 Å². The summed E-state index contributed by atoms with van der Waals surface area (Å²) in [7, 11) is 0. The van der Waals surface area contributed by atoms with Crippen molar-refractivity contribution < 1.29 is 4.79 Å². The van der Waals surface area contributed by atoms with Gasteiger partial charge in [0.2, 0.25) is 11.9 Å². The van der Waals surface area contributed by atoms with Crippen LogP contribution in [0.4, 0.5) is 17.3 Å². The molecule has 1 heterocycles. The lowest BCUT2D eigenvalue weighted by atomic mass is 10.2. The van der Waals surface area contributed by atoms with Gasteiger partial charge in [-0.25, -0.2) is 9.97 Å². The molecule has 3 rings (SSSR count). The molecule has 0 saturated heterocycles. The summed E-state index contributed by atoms with van der Waals surface area (Å²) in [6.45, 7) is 3.43. The van der Waals surface area contributed by atoms with Crippen molar-refractivity contribution in [3.05, 3.63) is 79.0 Å². The third-order valence-electron chi connectivity index (χ3n) is 3.41. The average molecular weight is 373 g/mol. The Hall–Kier alpha value is -3.63. The highest BCUT2D eigenvalue weighted by atomic mass is 32.2. The number of nitriles is 1. The zero-order valence-corrected chi connectivity index (χ0v) is 15.0. The number of carbonyl (C=O) groups is 1. The number of amides is 1. The van der Waals surface area contributed by atoms with Crippen molar-refractivity contribution in [1.82, 2.24) is 9.97 Å². The molecule has 27 heavy (non-hydrogen) atoms. The fraction of sp³-hybridized carbons (Fsp3) is 0. The molecule has 7 heteroatoms. The first kappa shape index (κ1) is 18.2. The maximum atomic E-state index is 11.3. The Morgan fingerprint density at radius 1 is 1.15 bits per heavy atom. The first-order valence-electron chi connectivity index (χ1n) is 7.98. The van der Waals surface area contributed by atoms with E-state index in [1.807, 2.05) is 36.4 Å². The van der Waals surface area contributed by atoms with E-state index < -0.39 is 0 Å². The Kier molecular flexibility index (Phi) is 5.82. The zero-order chi connectivity index (χ0) is 19.1. The van der Waals surface area contributed by atoms with E-state index in [4.69, 9.17) is 5.26 Å². The van der Waals surface area contributed by atoms with E-state index >= 15 is 0 Å². The molecule has 0 aliphatic heterocycles. The molecule has 1 amide bonds. The van der Waals surface area contributed by atoms with Crippen molar-refractivity contribution in [3.8, 4) is 6.07 Å². The normalized spacial score (nSPS) is 9.89. The second-order valence-corrected chi connectivity index (χ2v) is 6.45. The molecule has 0 saturated carbocycles. The van der Waals surface area contributed by atoms with Crippen molar-refractivity contribution in [3.63, 3.8) is 0 Å². The van der Waals surface area contributed by atoms with Gasteiger partial charge >= 0.3 is 0 Å². The van der Waals surface area contributed by atoms with Gasteiger partial charge < -0.3 is 10.6 Å². The van der Waals surface area contributed by atoms with Crippen molar-refractivity contribution >= 4 is 35.0 Å². The van der Waals surface area contributed by atoms with Crippen LogP contribution >= 0.6 is 11.8 Å². The molecule has 0 aliphatic carbocycles. The van der Waals surface area contributed by atoms with Crippen LogP contribution in [0.25, 0.3) is 0 Å². The summed E-state index contributed by atoms with van der Waals surface area (Å²) < 4.78 is 0. The van der Waals surface area contributed by atoms with Crippen LogP contribution in [0.3, 0.4) is 0 Å². The number of anilines is 3. The van der Waals surface area contributed by atoms with E-state index in [0.29, 0.717) is 17.2 Å². The fourth-order valence-corrected chi connectivity index (χ4v) is 2.95. The van der Waals surface area contributed by atoms with E-state index in [9.17, 15) is 4.79 Å². The van der Waals surface area contributed by atoms with Gasteiger partial charge in [-0.2, -0.15) is 5.26 Å². The van der Waals surface area contributed by atoms with Gasteiger partial charge in [-0.3, -0.25) is 4.79 Å². The maximum absolute atomic E-state index is 11.3. The topological polar surface area (TPSA) is 90.7 Å². The van der Waals surface area contributed by atoms with Gasteiger partial charge in [0.1, 0.15) is 5.03 Å². The van der Waals surface area contributed by atoms with Crippen LogP contribution in [0.15, 0.2) is 83.4 Å². The van der Waals surface area contributed by atoms with E-state index in [1.54, 1.807) is 24.4 Å². The molecule has 0 spiro atoms. The van der Waals surface area contributed by atoms with Crippen LogP contribution in [0.1, 0.15) is 5.56 Å². The number of hydrogen-bond acceptors (Lipinski definition) is 6. The number of nitrogens with zero attached hydrogens (tertiary/aromatic N) is 3. The van der Waals surface area contributed by atoms with Crippen molar-refractivity contribution in [2.24, 2.45) is 0 Å². The lowest BCUT2D eigenvalue weighted by molar-refractivity contribution is -0.111. The molecule has 2 N–H and O–H groups in total. The molecule has 6 nitrogen and oxygen atoms in total. The predicted molar refractivity (Wildman–Crippen MR) is 106 cm³/mol. The van der Waals surface area contributed by atoms with Crippen LogP contribution < -0.4 is 10.6 Å². The Bertz CT molecular complexity index is 1010. The van der Waals surface area contributed by atoms with Crippen LogP contribution in [0, 0.1) is 11.3 Å². The maximum Gasteiger partial charge on any atom is 0.247 e. The molecule has 0 radical (unpaired) electrons. The smallest absolute Gasteiger partial charge is 0.247 e. The highest BCUT2D eigenvalue weighted by Gasteiger charge is 2.04. The van der Waals surface area contributed by atoms with Gasteiger partial charge in [-0.1, -0.05) is 24.4 Å². The summed E-state index contributed by atoms with van der Waals surface area (Å²) in [6, 6.07) is 18.5. The number of nitrogens with one attached hydrogen (secondary N) is 2. The minimum Gasteiger partial charge on any atom is -0.324 e. The molecule has 0 bridgehead atoms. The molecule has 2 aromatic carbocycles. The van der Waals surface area contributed by atoms with E-state index in [2.05, 4.69) is 33.2 Å². The summed E-state index contributed by atoms with van der Waals surface area (Å²) in [6.07, 6.45) is 2.90. The monoisotopic (exact) mass is 373 g/mol. The summed E-state index contributed by atoms with van der Waals surface area (Å²) in [4.78, 5) is 21.0. The van der Waals surface area contributed by atoms with E-state index in [1.165, 1.54) is 17.8 Å². The number of aromatic nitrogens is 2. The third kappa shape index (κ3) is 5.17. The fourth-order valence-electron chi connectivity index (χ4n) is 2.18. The quantitative estimate of drug-likeness (QED) is 0.493. The Balaban J connectivity index is 1.69. The molecular formula is C20H15N5OS. The van der Waals surface area contributed by atoms with Crippen LogP contribution in [0.5, 0.6) is 0 Å². The largest absolute Gasteiger partial charge is 0.324 e. The Morgan fingerprint density at radius 2 is 1.96 bits per heavy atom. The van der Waals surface area contributed by atoms with E-state index in [-0.39, 0.29) is 5.91 Å². The predicted octanol–water partition coefficient (Wildman–Crippen LogP) is 4.37. The van der Waals surface area contributed by atoms with Gasteiger partial charge in [-0.05, 0) is 54.6 Å². The minimum absolute atomic E-state index is 0.248. The lowest BCUT2D eigenvalue weighted by Crippen LogP contribution is -2.06. The number of rotatable bonds is 6. The third-order valence-corrected chi connectivity index (χ3v) is 4.35. The molecular weight excluding hydrogens is 358 g/mol. The molecule has 0 fully saturated rings. The summed E-state index contributed by atoms with van der Waals surface area (Å²) in [5.41, 5.74) is 2.01. The SMILES string of the molecule is C=CC(=O)Nc1ccc(Sc2ccnc(Nc3cccc(C#N)c3)n2)cc1. The zero-order valence-electron chi connectivity index (χ0n) is 14.2. The highest BCUT2D eigenvalue weighted by molar-refractivity contribution is 7.99. The van der Waals surface area contributed by atoms with Gasteiger partial charge in [0.15, 0.2) is 0 Å². The molecule has 3 aromatic rings. The molecule has 0 atom stereocenters. The standard InChI is InChI=1S/C20H15N5OS/c1-2-18(26)23-15-6-8-17(9-7-15)27-19-10-11-22-20(25-19)24-16-5-3-4-14(12-16)13-21/h2-12H,1H2,(H,23,26)(H,22,24,25). The highest BCUT2D eigenvalue weighted by Crippen LogP contribution is 2.28. The number of benzene rings is 2. The van der Waals surface area contributed by atoms with Crippen molar-refractivity contribution in [2.45, 2.75) is 9.92 Å². The summed E-state index contributed by atoms with van der Waals surface area (Å²) >= 11 is 1.48. The van der Waals surface area contributed by atoms with Crippen LogP contribution in [-0.2, 0) is 4.79 Å². The Labute approximate surface area is 161 Å². The van der Waals surface area contributed by atoms with Crippen LogP contribution in [-0.4, -0.2) is 15.9 Å². The molecule has 132 valence electrons. The van der Waals surface area contributed by atoms with Crippen molar-refractivity contribution in [2.75, 3.05) is 10.6 Å². The minimum atomic E-state index is -0.248. The summed E-state index contributed by atoms with van der Waals surface area (Å²) in [5, 5.41) is 15.6. The molecule has 1 aromatic heterocycles. The van der Waals surface area contributed by atoms with Gasteiger partial charge in [-0.15, -0.1) is 0 Å². The second-order valence-electron chi connectivity index (χ2n) is 5.36. The summed E-state index contributed by atoms with van der Waals surface area (Å²) in [5.74, 6) is 0.201. The second kappa shape index (κ2) is 8.65. The molecule has 0 unspecified atom stereocenters. The molecule has 0 aliphatic rings. The van der Waals surface area contributed by atoms with Gasteiger partial charge in [0, 0.05) is 22.5 Å².